The van der Waals surface area contributed by atoms with Gasteiger partial charge in [0.25, 0.3) is 0 Å². The van der Waals surface area contributed by atoms with Gasteiger partial charge in [-0.1, -0.05) is 0 Å². The maximum atomic E-state index is 12.3. The fourth-order valence-corrected chi connectivity index (χ4v) is 3.69. The molecule has 0 fully saturated rings. The molecule has 1 aliphatic rings. The summed E-state index contributed by atoms with van der Waals surface area (Å²) in [6.45, 7) is 7.20. The van der Waals surface area contributed by atoms with Gasteiger partial charge in [0.1, 0.15) is 17.1 Å². The van der Waals surface area contributed by atoms with Crippen LogP contribution >= 0.6 is 0 Å². The minimum Gasteiger partial charge on any atom is -0.496 e. The highest BCUT2D eigenvalue weighted by Crippen LogP contribution is 2.37. The summed E-state index contributed by atoms with van der Waals surface area (Å²) in [5.74, 6) is 1.73. The van der Waals surface area contributed by atoms with Gasteiger partial charge in [-0.15, -0.1) is 0 Å². The Morgan fingerprint density at radius 3 is 2.82 bits per heavy atom. The van der Waals surface area contributed by atoms with Gasteiger partial charge < -0.3 is 19.2 Å². The molecular weight excluding hydrogens is 354 g/mol. The smallest absolute Gasteiger partial charge is 0.244 e. The first kappa shape index (κ1) is 20.5. The lowest BCUT2D eigenvalue weighted by molar-refractivity contribution is -0.116. The van der Waals surface area contributed by atoms with Gasteiger partial charge in [-0.3, -0.25) is 4.79 Å². The predicted molar refractivity (Wildman–Crippen MR) is 112 cm³/mol. The maximum absolute atomic E-state index is 12.3. The second-order valence-corrected chi connectivity index (χ2v) is 7.65. The lowest BCUT2D eigenvalue weighted by Gasteiger charge is -2.11. The first-order valence-corrected chi connectivity index (χ1v) is 10.2. The minimum absolute atomic E-state index is 0.0987. The van der Waals surface area contributed by atoms with Crippen LogP contribution in [0.15, 0.2) is 22.6 Å². The Labute approximate surface area is 167 Å². The van der Waals surface area contributed by atoms with E-state index in [1.165, 1.54) is 18.4 Å². The molecule has 1 aliphatic carbocycles. The highest BCUT2D eigenvalue weighted by molar-refractivity contribution is 5.97. The number of carbonyl (C=O) groups excluding carboxylic acids is 1. The molecule has 0 atom stereocenters. The molecule has 3 rings (SSSR count). The molecular formula is C23H31NO4. The molecule has 0 radical (unpaired) electrons. The number of hydrogen-bond acceptors (Lipinski definition) is 4. The second kappa shape index (κ2) is 9.28. The van der Waals surface area contributed by atoms with Gasteiger partial charge in [0.2, 0.25) is 5.91 Å². The number of furan rings is 1. The molecule has 1 aromatic carbocycles. The van der Waals surface area contributed by atoms with Crippen LogP contribution in [0.2, 0.25) is 0 Å². The van der Waals surface area contributed by atoms with E-state index in [1.807, 2.05) is 26.8 Å². The van der Waals surface area contributed by atoms with Crippen LogP contribution in [0.4, 0.5) is 0 Å². The zero-order chi connectivity index (χ0) is 20.1. The van der Waals surface area contributed by atoms with Crippen molar-refractivity contribution in [2.24, 2.45) is 0 Å². The summed E-state index contributed by atoms with van der Waals surface area (Å²) in [5.41, 5.74) is 3.99. The molecule has 0 unspecified atom stereocenters. The van der Waals surface area contributed by atoms with Crippen LogP contribution in [0.25, 0.3) is 16.5 Å². The average Bonchev–Trinajstić information content (AvgIpc) is 3.03. The zero-order valence-electron chi connectivity index (χ0n) is 17.4. The fourth-order valence-electron chi connectivity index (χ4n) is 3.69. The van der Waals surface area contributed by atoms with Crippen LogP contribution in [0.5, 0.6) is 5.75 Å². The molecule has 0 saturated carbocycles. The van der Waals surface area contributed by atoms with Gasteiger partial charge >= 0.3 is 0 Å². The number of fused-ring (bicyclic) bond motifs is 3. The molecule has 0 aliphatic heterocycles. The molecule has 1 aromatic heterocycles. The molecule has 1 N–H and O–H groups in total. The van der Waals surface area contributed by atoms with Gasteiger partial charge in [-0.05, 0) is 58.1 Å². The number of aryl methyl sites for hydroxylation is 2. The summed E-state index contributed by atoms with van der Waals surface area (Å²) < 4.78 is 17.1. The van der Waals surface area contributed by atoms with Crippen molar-refractivity contribution < 1.29 is 18.7 Å². The lowest BCUT2D eigenvalue weighted by atomic mass is 9.94. The molecule has 5 heteroatoms. The summed E-state index contributed by atoms with van der Waals surface area (Å²) in [6, 6.07) is 4.05. The number of hydrogen-bond donors (Lipinski definition) is 1. The zero-order valence-corrected chi connectivity index (χ0v) is 17.4. The normalized spacial score (nSPS) is 14.4. The van der Waals surface area contributed by atoms with Crippen molar-refractivity contribution in [2.75, 3.05) is 20.3 Å². The van der Waals surface area contributed by atoms with E-state index in [-0.39, 0.29) is 12.0 Å². The highest BCUT2D eigenvalue weighted by atomic mass is 16.5. The fraction of sp³-hybridized carbons (Fsp3) is 0.522. The number of benzene rings is 1. The van der Waals surface area contributed by atoms with Crippen molar-refractivity contribution >= 4 is 22.4 Å². The van der Waals surface area contributed by atoms with Gasteiger partial charge in [0.15, 0.2) is 0 Å². The van der Waals surface area contributed by atoms with Crippen molar-refractivity contribution in [1.29, 1.82) is 0 Å². The summed E-state index contributed by atoms with van der Waals surface area (Å²) in [4.78, 5) is 12.3. The van der Waals surface area contributed by atoms with Gasteiger partial charge in [0, 0.05) is 48.2 Å². The Bertz CT molecular complexity index is 863. The average molecular weight is 386 g/mol. The third kappa shape index (κ3) is 4.76. The van der Waals surface area contributed by atoms with Crippen molar-refractivity contribution in [2.45, 2.75) is 59.0 Å². The molecule has 28 heavy (non-hydrogen) atoms. The maximum Gasteiger partial charge on any atom is 0.244 e. The van der Waals surface area contributed by atoms with Crippen LogP contribution in [0.3, 0.4) is 0 Å². The monoisotopic (exact) mass is 385 g/mol. The Morgan fingerprint density at radius 1 is 1.29 bits per heavy atom. The number of rotatable bonds is 8. The molecule has 0 spiro atoms. The topological polar surface area (TPSA) is 60.7 Å². The summed E-state index contributed by atoms with van der Waals surface area (Å²) in [7, 11) is 1.65. The Balaban J connectivity index is 1.75. The number of carbonyl (C=O) groups is 1. The molecule has 2 aromatic rings. The largest absolute Gasteiger partial charge is 0.496 e. The number of methoxy groups -OCH3 is 1. The summed E-state index contributed by atoms with van der Waals surface area (Å²) in [5, 5.41) is 4.07. The van der Waals surface area contributed by atoms with Crippen LogP contribution in [0, 0.1) is 0 Å². The third-order valence-corrected chi connectivity index (χ3v) is 5.12. The van der Waals surface area contributed by atoms with E-state index >= 15 is 0 Å². The Hall–Kier alpha value is -2.27. The Kier molecular flexibility index (Phi) is 6.79. The molecule has 0 bridgehead atoms. The first-order valence-electron chi connectivity index (χ1n) is 10.2. The van der Waals surface area contributed by atoms with E-state index in [4.69, 9.17) is 13.9 Å². The quantitative estimate of drug-likeness (QED) is 0.530. The number of nitrogens with one attached hydrogen (secondary N) is 1. The second-order valence-electron chi connectivity index (χ2n) is 7.65. The van der Waals surface area contributed by atoms with Crippen LogP contribution in [-0.4, -0.2) is 32.3 Å². The van der Waals surface area contributed by atoms with Crippen molar-refractivity contribution in [3.63, 3.8) is 0 Å². The standard InChI is InChI=1S/C23H31NO4/c1-15(2)27-11-7-10-24-23(25)12-16(3)18-13-19-17-8-5-6-9-20(17)28-22(19)14-21(18)26-4/h12-15H,5-11H2,1-4H3,(H,24,25)/b16-12+. The van der Waals surface area contributed by atoms with Crippen LogP contribution in [0.1, 0.15) is 56.9 Å². The van der Waals surface area contributed by atoms with Gasteiger partial charge in [0.05, 0.1) is 13.2 Å². The van der Waals surface area contributed by atoms with E-state index in [9.17, 15) is 4.79 Å². The van der Waals surface area contributed by atoms with E-state index < -0.39 is 0 Å². The summed E-state index contributed by atoms with van der Waals surface area (Å²) in [6.07, 6.45) is 7.08. The van der Waals surface area contributed by atoms with Crippen LogP contribution < -0.4 is 10.1 Å². The molecule has 152 valence electrons. The van der Waals surface area contributed by atoms with E-state index in [1.54, 1.807) is 13.2 Å². The highest BCUT2D eigenvalue weighted by Gasteiger charge is 2.20. The van der Waals surface area contributed by atoms with Gasteiger partial charge in [-0.25, -0.2) is 0 Å². The first-order chi connectivity index (χ1) is 13.5. The van der Waals surface area contributed by atoms with Crippen molar-refractivity contribution in [1.82, 2.24) is 5.32 Å². The van der Waals surface area contributed by atoms with Crippen LogP contribution in [-0.2, 0) is 22.4 Å². The van der Waals surface area contributed by atoms with E-state index in [0.29, 0.717) is 13.2 Å². The van der Waals surface area contributed by atoms with Crippen molar-refractivity contribution in [3.05, 3.63) is 35.1 Å². The third-order valence-electron chi connectivity index (χ3n) is 5.12. The minimum atomic E-state index is -0.0987. The van der Waals surface area contributed by atoms with E-state index in [2.05, 4.69) is 11.4 Å². The number of ether oxygens (including phenoxy) is 2. The number of allylic oxidation sites excluding steroid dienone is 1. The molecule has 1 amide bonds. The predicted octanol–water partition coefficient (Wildman–Crippen LogP) is 4.65. The van der Waals surface area contributed by atoms with E-state index in [0.717, 1.165) is 52.9 Å². The lowest BCUT2D eigenvalue weighted by Crippen LogP contribution is -2.23. The number of amides is 1. The van der Waals surface area contributed by atoms with Gasteiger partial charge in [-0.2, -0.15) is 0 Å². The van der Waals surface area contributed by atoms with Crippen molar-refractivity contribution in [3.8, 4) is 5.75 Å². The molecule has 0 saturated heterocycles. The molecule has 1 heterocycles. The molecule has 5 nitrogen and oxygen atoms in total. The SMILES string of the molecule is COc1cc2oc3c(c2cc1/C(C)=C/C(=O)NCCCOC(C)C)CCCC3. The Morgan fingerprint density at radius 2 is 2.07 bits per heavy atom. The summed E-state index contributed by atoms with van der Waals surface area (Å²) >= 11 is 0.